The van der Waals surface area contributed by atoms with Crippen LogP contribution in [0.2, 0.25) is 0 Å². The van der Waals surface area contributed by atoms with Gasteiger partial charge in [-0.2, -0.15) is 0 Å². The van der Waals surface area contributed by atoms with Gasteiger partial charge in [0.2, 0.25) is 0 Å². The molecule has 2 N–H and O–H groups in total. The topological polar surface area (TPSA) is 93.1 Å². The summed E-state index contributed by atoms with van der Waals surface area (Å²) < 4.78 is 8.72. The van der Waals surface area contributed by atoms with Crippen LogP contribution in [0.25, 0.3) is 0 Å². The minimum atomic E-state index is -1.06. The van der Waals surface area contributed by atoms with Crippen LogP contribution in [-0.2, 0) is 9.47 Å². The van der Waals surface area contributed by atoms with Gasteiger partial charge in [0.25, 0.3) is 0 Å². The predicted octanol–water partition coefficient (Wildman–Crippen LogP) is 3.66. The summed E-state index contributed by atoms with van der Waals surface area (Å²) in [5.41, 5.74) is 0.167. The zero-order valence-electron chi connectivity index (χ0n) is 12.0. The van der Waals surface area contributed by atoms with Crippen molar-refractivity contribution in [3.05, 3.63) is 86.8 Å². The molecule has 118 valence electrons. The molecule has 1 rings (SSSR count). The standard InChI is InChI=1S/C8H6O4.2C4H6O/c9-7(10)5-1-2-6(4-3-5)8(11)12;2*1-3-5-4-2/h1-4H,(H,9,10)(H,11,12);2*3-4H,1-2H2. The molecule has 0 atom stereocenters. The molecule has 6 heteroatoms. The van der Waals surface area contributed by atoms with Gasteiger partial charge in [-0.25, -0.2) is 9.59 Å². The van der Waals surface area contributed by atoms with Crippen molar-refractivity contribution in [1.82, 2.24) is 0 Å². The van der Waals surface area contributed by atoms with Gasteiger partial charge in [0, 0.05) is 0 Å². The van der Waals surface area contributed by atoms with Crippen molar-refractivity contribution in [2.24, 2.45) is 0 Å². The van der Waals surface area contributed by atoms with Gasteiger partial charge in [-0.15, -0.1) is 0 Å². The second-order valence-corrected chi connectivity index (χ2v) is 3.13. The summed E-state index contributed by atoms with van der Waals surface area (Å²) in [4.78, 5) is 20.7. The van der Waals surface area contributed by atoms with Crippen molar-refractivity contribution in [2.75, 3.05) is 0 Å². The summed E-state index contributed by atoms with van der Waals surface area (Å²) in [5, 5.41) is 16.9. The number of carboxylic acid groups (broad SMARTS) is 2. The number of hydrogen-bond donors (Lipinski definition) is 2. The highest BCUT2D eigenvalue weighted by atomic mass is 16.5. The minimum absolute atomic E-state index is 0.0833. The molecule has 0 aliphatic carbocycles. The Morgan fingerprint density at radius 2 is 0.955 bits per heavy atom. The van der Waals surface area contributed by atoms with Crippen LogP contribution in [0.5, 0.6) is 0 Å². The number of rotatable bonds is 6. The zero-order valence-corrected chi connectivity index (χ0v) is 12.0. The Labute approximate surface area is 128 Å². The zero-order chi connectivity index (χ0) is 17.4. The SMILES string of the molecule is C=COC=C.C=COC=C.O=C(O)c1ccc(C(=O)O)cc1. The van der Waals surface area contributed by atoms with E-state index in [0.717, 1.165) is 0 Å². The molecule has 0 spiro atoms. The Morgan fingerprint density at radius 1 is 0.727 bits per heavy atom. The van der Waals surface area contributed by atoms with E-state index in [9.17, 15) is 9.59 Å². The lowest BCUT2D eigenvalue weighted by Gasteiger charge is -1.94. The third-order valence-corrected chi connectivity index (χ3v) is 1.76. The fraction of sp³-hybridized carbons (Fsp3) is 0. The lowest BCUT2D eigenvalue weighted by molar-refractivity contribution is 0.0681. The Morgan fingerprint density at radius 3 is 1.05 bits per heavy atom. The normalized spacial score (nSPS) is 7.64. The van der Waals surface area contributed by atoms with Crippen LogP contribution < -0.4 is 0 Å². The van der Waals surface area contributed by atoms with Crippen LogP contribution in [0.3, 0.4) is 0 Å². The van der Waals surface area contributed by atoms with Crippen LogP contribution in [0, 0.1) is 0 Å². The molecule has 0 aliphatic heterocycles. The van der Waals surface area contributed by atoms with Gasteiger partial charge in [-0.05, 0) is 24.3 Å². The number of carbonyl (C=O) groups is 2. The van der Waals surface area contributed by atoms with Crippen molar-refractivity contribution < 1.29 is 29.3 Å². The molecule has 1 aromatic rings. The van der Waals surface area contributed by atoms with E-state index in [1.807, 2.05) is 0 Å². The average Bonchev–Trinajstić information content (AvgIpc) is 2.50. The molecule has 0 heterocycles. The first-order valence-electron chi connectivity index (χ1n) is 5.75. The first-order chi connectivity index (χ1) is 10.4. The van der Waals surface area contributed by atoms with E-state index in [-0.39, 0.29) is 11.1 Å². The summed E-state index contributed by atoms with van der Waals surface area (Å²) in [5.74, 6) is -2.13. The van der Waals surface area contributed by atoms with Crippen molar-refractivity contribution in [2.45, 2.75) is 0 Å². The summed E-state index contributed by atoms with van der Waals surface area (Å²) in [6, 6.07) is 5.02. The smallest absolute Gasteiger partial charge is 0.335 e. The molecule has 0 unspecified atom stereocenters. The molecule has 22 heavy (non-hydrogen) atoms. The highest BCUT2D eigenvalue weighted by Crippen LogP contribution is 2.03. The van der Waals surface area contributed by atoms with Gasteiger partial charge in [-0.3, -0.25) is 0 Å². The van der Waals surface area contributed by atoms with Gasteiger partial charge in [0.1, 0.15) is 0 Å². The fourth-order valence-corrected chi connectivity index (χ4v) is 0.891. The van der Waals surface area contributed by atoms with Gasteiger partial charge >= 0.3 is 11.9 Å². The number of ether oxygens (including phenoxy) is 2. The maximum absolute atomic E-state index is 10.3. The largest absolute Gasteiger partial charge is 0.478 e. The van der Waals surface area contributed by atoms with Crippen molar-refractivity contribution in [3.8, 4) is 0 Å². The first-order valence-corrected chi connectivity index (χ1v) is 5.75. The van der Waals surface area contributed by atoms with E-state index in [0.29, 0.717) is 0 Å². The lowest BCUT2D eigenvalue weighted by Crippen LogP contribution is -1.99. The highest BCUT2D eigenvalue weighted by molar-refractivity contribution is 5.91. The molecule has 0 saturated heterocycles. The molecule has 0 radical (unpaired) electrons. The Hall–Kier alpha value is -3.28. The van der Waals surface area contributed by atoms with E-state index < -0.39 is 11.9 Å². The lowest BCUT2D eigenvalue weighted by atomic mass is 10.1. The van der Waals surface area contributed by atoms with Crippen molar-refractivity contribution in [3.63, 3.8) is 0 Å². The van der Waals surface area contributed by atoms with Crippen LogP contribution in [0.1, 0.15) is 20.7 Å². The second kappa shape index (κ2) is 14.1. The first kappa shape index (κ1) is 21.0. The summed E-state index contributed by atoms with van der Waals surface area (Å²) in [6.45, 7) is 13.0. The molecule has 6 nitrogen and oxygen atoms in total. The highest BCUT2D eigenvalue weighted by Gasteiger charge is 2.04. The van der Waals surface area contributed by atoms with Crippen LogP contribution in [0.15, 0.2) is 75.6 Å². The summed E-state index contributed by atoms with van der Waals surface area (Å²) in [6.07, 6.45) is 5.25. The van der Waals surface area contributed by atoms with E-state index in [1.165, 1.54) is 49.3 Å². The quantitative estimate of drug-likeness (QED) is 0.779. The predicted molar refractivity (Wildman–Crippen MR) is 83.3 cm³/mol. The van der Waals surface area contributed by atoms with Gasteiger partial charge in [0.05, 0.1) is 36.2 Å². The fourth-order valence-electron chi connectivity index (χ4n) is 0.891. The monoisotopic (exact) mass is 306 g/mol. The molecule has 0 fully saturated rings. The number of aromatic carboxylic acids is 2. The van der Waals surface area contributed by atoms with Gasteiger partial charge < -0.3 is 19.7 Å². The number of benzene rings is 1. The molecule has 0 amide bonds. The summed E-state index contributed by atoms with van der Waals surface area (Å²) >= 11 is 0. The molecule has 1 aromatic carbocycles. The Bertz CT molecular complexity index is 443. The molecule has 0 aromatic heterocycles. The number of hydrogen-bond acceptors (Lipinski definition) is 4. The third kappa shape index (κ3) is 11.8. The third-order valence-electron chi connectivity index (χ3n) is 1.76. The summed E-state index contributed by atoms with van der Waals surface area (Å²) in [7, 11) is 0. The van der Waals surface area contributed by atoms with E-state index in [1.54, 1.807) is 0 Å². The average molecular weight is 306 g/mol. The molecular formula is C16H18O6. The van der Waals surface area contributed by atoms with Crippen molar-refractivity contribution in [1.29, 1.82) is 0 Å². The minimum Gasteiger partial charge on any atom is -0.478 e. The van der Waals surface area contributed by atoms with E-state index in [4.69, 9.17) is 10.2 Å². The number of carboxylic acids is 2. The Kier molecular flexibility index (Phi) is 13.5. The van der Waals surface area contributed by atoms with Gasteiger partial charge in [-0.1, -0.05) is 26.3 Å². The molecule has 0 saturated carbocycles. The second-order valence-electron chi connectivity index (χ2n) is 3.13. The molecular weight excluding hydrogens is 288 g/mol. The van der Waals surface area contributed by atoms with Crippen LogP contribution in [-0.4, -0.2) is 22.2 Å². The van der Waals surface area contributed by atoms with Crippen LogP contribution >= 0.6 is 0 Å². The van der Waals surface area contributed by atoms with Crippen LogP contribution in [0.4, 0.5) is 0 Å². The molecule has 0 aliphatic rings. The maximum atomic E-state index is 10.3. The van der Waals surface area contributed by atoms with Gasteiger partial charge in [0.15, 0.2) is 0 Å². The maximum Gasteiger partial charge on any atom is 0.335 e. The van der Waals surface area contributed by atoms with E-state index >= 15 is 0 Å². The van der Waals surface area contributed by atoms with Crippen molar-refractivity contribution >= 4 is 11.9 Å². The molecule has 0 bridgehead atoms. The Balaban J connectivity index is 0. The van der Waals surface area contributed by atoms with E-state index in [2.05, 4.69) is 35.8 Å².